The second kappa shape index (κ2) is 5.78. The highest BCUT2D eigenvalue weighted by atomic mass is 16.5. The van der Waals surface area contributed by atoms with Gasteiger partial charge in [0, 0.05) is 5.69 Å². The van der Waals surface area contributed by atoms with Crippen molar-refractivity contribution < 1.29 is 4.74 Å². The highest BCUT2D eigenvalue weighted by Gasteiger charge is 2.06. The van der Waals surface area contributed by atoms with E-state index in [1.54, 1.807) is 0 Å². The van der Waals surface area contributed by atoms with Crippen LogP contribution in [0.15, 0.2) is 30.3 Å². The zero-order valence-electron chi connectivity index (χ0n) is 9.92. The molecule has 0 aliphatic heterocycles. The van der Waals surface area contributed by atoms with Crippen molar-refractivity contribution >= 4 is 17.6 Å². The SMILES string of the molecule is CCOc1nc(NN)nc(Nc2ccccc2)n1. The Bertz CT molecular complexity index is 504. The highest BCUT2D eigenvalue weighted by Crippen LogP contribution is 2.15. The lowest BCUT2D eigenvalue weighted by molar-refractivity contribution is 0.312. The van der Waals surface area contributed by atoms with Crippen molar-refractivity contribution in [3.63, 3.8) is 0 Å². The summed E-state index contributed by atoms with van der Waals surface area (Å²) in [6, 6.07) is 9.78. The van der Waals surface area contributed by atoms with Gasteiger partial charge in [-0.3, -0.25) is 5.43 Å². The van der Waals surface area contributed by atoms with E-state index in [9.17, 15) is 0 Å². The number of benzene rings is 1. The summed E-state index contributed by atoms with van der Waals surface area (Å²) in [5.74, 6) is 5.90. The Morgan fingerprint density at radius 1 is 1.11 bits per heavy atom. The monoisotopic (exact) mass is 246 g/mol. The molecule has 1 aromatic heterocycles. The zero-order chi connectivity index (χ0) is 12.8. The van der Waals surface area contributed by atoms with E-state index >= 15 is 0 Å². The van der Waals surface area contributed by atoms with E-state index in [-0.39, 0.29) is 12.0 Å². The summed E-state index contributed by atoms with van der Waals surface area (Å²) in [5, 5.41) is 3.04. The lowest BCUT2D eigenvalue weighted by atomic mass is 10.3. The fourth-order valence-corrected chi connectivity index (χ4v) is 1.32. The minimum Gasteiger partial charge on any atom is -0.464 e. The van der Waals surface area contributed by atoms with Gasteiger partial charge in [0.25, 0.3) is 0 Å². The van der Waals surface area contributed by atoms with Crippen LogP contribution in [-0.2, 0) is 0 Å². The number of nitrogen functional groups attached to an aromatic ring is 1. The molecule has 0 aliphatic rings. The molecule has 0 amide bonds. The van der Waals surface area contributed by atoms with Crippen LogP contribution in [0, 0.1) is 0 Å². The Morgan fingerprint density at radius 3 is 2.50 bits per heavy atom. The van der Waals surface area contributed by atoms with Crippen molar-refractivity contribution in [3.05, 3.63) is 30.3 Å². The molecule has 0 spiro atoms. The maximum absolute atomic E-state index is 5.29. The Kier molecular flexibility index (Phi) is 3.87. The molecule has 1 aromatic carbocycles. The van der Waals surface area contributed by atoms with Crippen LogP contribution in [0.4, 0.5) is 17.6 Å². The van der Waals surface area contributed by atoms with E-state index in [0.29, 0.717) is 12.6 Å². The van der Waals surface area contributed by atoms with Gasteiger partial charge in [0.2, 0.25) is 11.9 Å². The van der Waals surface area contributed by atoms with Gasteiger partial charge in [-0.2, -0.15) is 15.0 Å². The summed E-state index contributed by atoms with van der Waals surface area (Å²) in [5.41, 5.74) is 3.24. The molecule has 0 saturated heterocycles. The third kappa shape index (κ3) is 3.05. The van der Waals surface area contributed by atoms with Crippen LogP contribution in [0.3, 0.4) is 0 Å². The molecule has 18 heavy (non-hydrogen) atoms. The summed E-state index contributed by atoms with van der Waals surface area (Å²) in [4.78, 5) is 12.2. The number of hydrogen-bond acceptors (Lipinski definition) is 7. The van der Waals surface area contributed by atoms with E-state index < -0.39 is 0 Å². The number of nitrogens with one attached hydrogen (secondary N) is 2. The molecule has 0 aliphatic carbocycles. The third-order valence-electron chi connectivity index (χ3n) is 2.05. The Balaban J connectivity index is 2.24. The Labute approximate surface area is 104 Å². The van der Waals surface area contributed by atoms with E-state index in [1.165, 1.54) is 0 Å². The van der Waals surface area contributed by atoms with Crippen LogP contribution in [0.2, 0.25) is 0 Å². The summed E-state index contributed by atoms with van der Waals surface area (Å²) in [6.45, 7) is 2.32. The first-order chi connectivity index (χ1) is 8.81. The lowest BCUT2D eigenvalue weighted by Crippen LogP contribution is -2.13. The molecular weight excluding hydrogens is 232 g/mol. The quantitative estimate of drug-likeness (QED) is 0.540. The van der Waals surface area contributed by atoms with E-state index in [2.05, 4.69) is 25.7 Å². The molecule has 0 bridgehead atoms. The first kappa shape index (κ1) is 12.1. The third-order valence-corrected chi connectivity index (χ3v) is 2.05. The van der Waals surface area contributed by atoms with Gasteiger partial charge in [-0.1, -0.05) is 18.2 Å². The number of ether oxygens (including phenoxy) is 1. The van der Waals surface area contributed by atoms with E-state index in [0.717, 1.165) is 5.69 Å². The first-order valence-corrected chi connectivity index (χ1v) is 5.49. The predicted octanol–water partition coefficient (Wildman–Crippen LogP) is 1.30. The summed E-state index contributed by atoms with van der Waals surface area (Å²) >= 11 is 0. The fraction of sp³-hybridized carbons (Fsp3) is 0.182. The molecule has 4 N–H and O–H groups in total. The smallest absolute Gasteiger partial charge is 0.323 e. The van der Waals surface area contributed by atoms with Crippen molar-refractivity contribution in [3.8, 4) is 6.01 Å². The van der Waals surface area contributed by atoms with Crippen LogP contribution >= 0.6 is 0 Å². The van der Waals surface area contributed by atoms with Crippen LogP contribution in [-0.4, -0.2) is 21.6 Å². The molecule has 7 nitrogen and oxygen atoms in total. The second-order valence-corrected chi connectivity index (χ2v) is 3.33. The second-order valence-electron chi connectivity index (χ2n) is 3.33. The van der Waals surface area contributed by atoms with Gasteiger partial charge in [-0.15, -0.1) is 0 Å². The maximum atomic E-state index is 5.29. The Hall–Kier alpha value is -2.41. The molecule has 0 radical (unpaired) electrons. The van der Waals surface area contributed by atoms with Gasteiger partial charge in [0.1, 0.15) is 0 Å². The highest BCUT2D eigenvalue weighted by molar-refractivity contribution is 5.53. The van der Waals surface area contributed by atoms with Crippen molar-refractivity contribution in [2.24, 2.45) is 5.84 Å². The number of aromatic nitrogens is 3. The molecule has 94 valence electrons. The minimum absolute atomic E-state index is 0.221. The van der Waals surface area contributed by atoms with Crippen molar-refractivity contribution in [1.82, 2.24) is 15.0 Å². The van der Waals surface area contributed by atoms with E-state index in [4.69, 9.17) is 10.6 Å². The summed E-state index contributed by atoms with van der Waals surface area (Å²) in [6.07, 6.45) is 0. The predicted molar refractivity (Wildman–Crippen MR) is 68.5 cm³/mol. The number of hydrogen-bond donors (Lipinski definition) is 3. The van der Waals surface area contributed by atoms with Gasteiger partial charge >= 0.3 is 6.01 Å². The van der Waals surface area contributed by atoms with Crippen LogP contribution in [0.1, 0.15) is 6.92 Å². The van der Waals surface area contributed by atoms with Crippen LogP contribution in [0.25, 0.3) is 0 Å². The molecule has 0 fully saturated rings. The number of anilines is 3. The van der Waals surface area contributed by atoms with Crippen LogP contribution < -0.4 is 21.3 Å². The molecule has 0 saturated carbocycles. The van der Waals surface area contributed by atoms with Gasteiger partial charge in [0.15, 0.2) is 0 Å². The molecular formula is C11H14N6O. The van der Waals surface area contributed by atoms with Gasteiger partial charge < -0.3 is 10.1 Å². The molecule has 1 heterocycles. The molecule has 2 aromatic rings. The van der Waals surface area contributed by atoms with Crippen molar-refractivity contribution in [2.45, 2.75) is 6.92 Å². The average Bonchev–Trinajstić information content (AvgIpc) is 2.40. The average molecular weight is 246 g/mol. The largest absolute Gasteiger partial charge is 0.464 e. The molecule has 0 unspecified atom stereocenters. The molecule has 7 heteroatoms. The molecule has 2 rings (SSSR count). The fourth-order valence-electron chi connectivity index (χ4n) is 1.32. The lowest BCUT2D eigenvalue weighted by Gasteiger charge is -2.08. The summed E-state index contributed by atoms with van der Waals surface area (Å²) < 4.78 is 5.23. The standard InChI is InChI=1S/C11H14N6O/c1-2-18-11-15-9(14-10(16-11)17-12)13-8-6-4-3-5-7-8/h3-7H,2,12H2,1H3,(H2,13,14,15,16,17). The number of para-hydroxylation sites is 1. The van der Waals surface area contributed by atoms with Crippen molar-refractivity contribution in [1.29, 1.82) is 0 Å². The van der Waals surface area contributed by atoms with E-state index in [1.807, 2.05) is 37.3 Å². The number of hydrazine groups is 1. The normalized spacial score (nSPS) is 9.89. The van der Waals surface area contributed by atoms with Gasteiger partial charge in [0.05, 0.1) is 6.61 Å². The topological polar surface area (TPSA) is 98.0 Å². The summed E-state index contributed by atoms with van der Waals surface area (Å²) in [7, 11) is 0. The zero-order valence-corrected chi connectivity index (χ0v) is 9.92. The maximum Gasteiger partial charge on any atom is 0.323 e. The van der Waals surface area contributed by atoms with Crippen LogP contribution in [0.5, 0.6) is 6.01 Å². The molecule has 0 atom stereocenters. The number of nitrogens with zero attached hydrogens (tertiary/aromatic N) is 3. The minimum atomic E-state index is 0.221. The van der Waals surface area contributed by atoms with Gasteiger partial charge in [-0.25, -0.2) is 5.84 Å². The van der Waals surface area contributed by atoms with Crippen molar-refractivity contribution in [2.75, 3.05) is 17.3 Å². The number of nitrogens with two attached hydrogens (primary N) is 1. The van der Waals surface area contributed by atoms with Gasteiger partial charge in [-0.05, 0) is 19.1 Å². The Morgan fingerprint density at radius 2 is 1.83 bits per heavy atom. The first-order valence-electron chi connectivity index (χ1n) is 5.49. The number of rotatable bonds is 5.